The van der Waals surface area contributed by atoms with Crippen molar-refractivity contribution >= 4 is 5.69 Å². The molecule has 2 rings (SSSR count). The number of hydrogen-bond donors (Lipinski definition) is 1. The molecule has 0 saturated heterocycles. The van der Waals surface area contributed by atoms with E-state index in [1.54, 1.807) is 0 Å². The summed E-state index contributed by atoms with van der Waals surface area (Å²) in [5.74, 6) is -2.92. The van der Waals surface area contributed by atoms with E-state index in [-0.39, 0.29) is 5.56 Å². The molecule has 0 amide bonds. The molecule has 0 radical (unpaired) electrons. The van der Waals surface area contributed by atoms with E-state index < -0.39 is 12.5 Å². The van der Waals surface area contributed by atoms with Gasteiger partial charge in [-0.25, -0.2) is 4.98 Å². The molecular weight excluding hydrogens is 212 g/mol. The summed E-state index contributed by atoms with van der Waals surface area (Å²) in [4.78, 5) is 3.72. The summed E-state index contributed by atoms with van der Waals surface area (Å²) < 4.78 is 28.9. The molecule has 3 nitrogen and oxygen atoms in total. The molecule has 2 aromatic rings. The highest BCUT2D eigenvalue weighted by Crippen LogP contribution is 2.30. The average Bonchev–Trinajstić information content (AvgIpc) is 2.70. The first-order chi connectivity index (χ1) is 7.58. The van der Waals surface area contributed by atoms with E-state index in [1.165, 1.54) is 47.6 Å². The number of nitrogens with zero attached hydrogens (tertiary/aromatic N) is 2. The Kier molecular flexibility index (Phi) is 2.60. The number of anilines is 1. The molecule has 0 spiro atoms. The van der Waals surface area contributed by atoms with E-state index >= 15 is 0 Å². The van der Waals surface area contributed by atoms with Crippen LogP contribution in [0.3, 0.4) is 0 Å². The molecule has 16 heavy (non-hydrogen) atoms. The second kappa shape index (κ2) is 3.92. The zero-order valence-corrected chi connectivity index (χ0v) is 8.48. The smallest absolute Gasteiger partial charge is 0.290 e. The Hall–Kier alpha value is -1.91. The van der Waals surface area contributed by atoms with E-state index in [9.17, 15) is 8.78 Å². The fourth-order valence-electron chi connectivity index (χ4n) is 1.43. The molecule has 0 aliphatic carbocycles. The van der Waals surface area contributed by atoms with Gasteiger partial charge >= 0.3 is 0 Å². The molecule has 0 aliphatic heterocycles. The van der Waals surface area contributed by atoms with Crippen LogP contribution in [0.1, 0.15) is 5.56 Å². The van der Waals surface area contributed by atoms with Crippen molar-refractivity contribution in [3.05, 3.63) is 48.5 Å². The molecule has 5 heteroatoms. The first-order valence-electron chi connectivity index (χ1n) is 4.77. The van der Waals surface area contributed by atoms with Crippen molar-refractivity contribution in [2.75, 3.05) is 5.73 Å². The van der Waals surface area contributed by atoms with E-state index in [4.69, 9.17) is 5.73 Å². The number of rotatable bonds is 3. The van der Waals surface area contributed by atoms with Crippen molar-refractivity contribution in [1.29, 1.82) is 0 Å². The Labute approximate surface area is 91.5 Å². The highest BCUT2D eigenvalue weighted by molar-refractivity contribution is 5.40. The molecule has 84 valence electrons. The minimum Gasteiger partial charge on any atom is -0.399 e. The van der Waals surface area contributed by atoms with Crippen LogP contribution in [0.2, 0.25) is 0 Å². The zero-order chi connectivity index (χ0) is 11.6. The fraction of sp³-hybridized carbons (Fsp3) is 0.182. The highest BCUT2D eigenvalue weighted by atomic mass is 19.3. The lowest BCUT2D eigenvalue weighted by molar-refractivity contribution is -0.0222. The molecule has 0 aliphatic rings. The predicted octanol–water partition coefficient (Wildman–Crippen LogP) is 2.26. The summed E-state index contributed by atoms with van der Waals surface area (Å²) in [6.45, 7) is -0.420. The second-order valence-corrected chi connectivity index (χ2v) is 3.56. The Balaban J connectivity index is 2.21. The van der Waals surface area contributed by atoms with Gasteiger partial charge in [-0.2, -0.15) is 8.78 Å². The number of imidazole rings is 1. The van der Waals surface area contributed by atoms with Gasteiger partial charge in [0.25, 0.3) is 5.92 Å². The normalized spacial score (nSPS) is 11.6. The van der Waals surface area contributed by atoms with Gasteiger partial charge in [-0.1, -0.05) is 12.1 Å². The van der Waals surface area contributed by atoms with Crippen LogP contribution in [0.15, 0.2) is 43.0 Å². The molecular formula is C11H11F2N3. The van der Waals surface area contributed by atoms with Crippen LogP contribution in [0.25, 0.3) is 0 Å². The van der Waals surface area contributed by atoms with E-state index in [0.29, 0.717) is 5.69 Å². The van der Waals surface area contributed by atoms with Crippen molar-refractivity contribution < 1.29 is 8.78 Å². The molecule has 0 bridgehead atoms. The maximum atomic E-state index is 13.8. The van der Waals surface area contributed by atoms with Crippen LogP contribution in [-0.2, 0) is 12.5 Å². The van der Waals surface area contributed by atoms with Crippen molar-refractivity contribution in [3.63, 3.8) is 0 Å². The summed E-state index contributed by atoms with van der Waals surface area (Å²) in [5, 5.41) is 0. The lowest BCUT2D eigenvalue weighted by atomic mass is 10.1. The Bertz CT molecular complexity index is 449. The Morgan fingerprint density at radius 1 is 1.25 bits per heavy atom. The van der Waals surface area contributed by atoms with Gasteiger partial charge in [0, 0.05) is 23.6 Å². The molecule has 0 atom stereocenters. The maximum Gasteiger partial charge on any atom is 0.290 e. The maximum absolute atomic E-state index is 13.8. The number of hydrogen-bond acceptors (Lipinski definition) is 2. The molecule has 2 N–H and O–H groups in total. The third-order valence-corrected chi connectivity index (χ3v) is 2.27. The van der Waals surface area contributed by atoms with Gasteiger partial charge in [0.05, 0.1) is 12.9 Å². The minimum absolute atomic E-state index is 0.0459. The number of aromatic nitrogens is 2. The lowest BCUT2D eigenvalue weighted by Crippen LogP contribution is -2.20. The minimum atomic E-state index is -2.92. The molecule has 0 unspecified atom stereocenters. The summed E-state index contributed by atoms with van der Waals surface area (Å²) in [6, 6.07) is 5.62. The number of benzene rings is 1. The van der Waals surface area contributed by atoms with Gasteiger partial charge in [-0.05, 0) is 12.1 Å². The quantitative estimate of drug-likeness (QED) is 0.811. The van der Waals surface area contributed by atoms with Crippen LogP contribution in [-0.4, -0.2) is 9.55 Å². The summed E-state index contributed by atoms with van der Waals surface area (Å²) in [6.07, 6.45) is 4.34. The number of nitrogens with two attached hydrogens (primary N) is 1. The van der Waals surface area contributed by atoms with Crippen LogP contribution >= 0.6 is 0 Å². The van der Waals surface area contributed by atoms with Crippen molar-refractivity contribution in [2.45, 2.75) is 12.5 Å². The average molecular weight is 223 g/mol. The van der Waals surface area contributed by atoms with Crippen LogP contribution < -0.4 is 5.73 Å². The molecule has 1 heterocycles. The lowest BCUT2D eigenvalue weighted by Gasteiger charge is -2.17. The van der Waals surface area contributed by atoms with Gasteiger partial charge in [0.1, 0.15) is 0 Å². The third kappa shape index (κ3) is 2.18. The van der Waals surface area contributed by atoms with Gasteiger partial charge in [-0.3, -0.25) is 0 Å². The van der Waals surface area contributed by atoms with E-state index in [0.717, 1.165) is 0 Å². The van der Waals surface area contributed by atoms with Gasteiger partial charge in [0.15, 0.2) is 0 Å². The number of halogens is 2. The van der Waals surface area contributed by atoms with Crippen LogP contribution in [0, 0.1) is 0 Å². The van der Waals surface area contributed by atoms with E-state index in [2.05, 4.69) is 4.98 Å². The zero-order valence-electron chi connectivity index (χ0n) is 8.48. The van der Waals surface area contributed by atoms with Crippen LogP contribution in [0.4, 0.5) is 14.5 Å². The summed E-state index contributed by atoms with van der Waals surface area (Å²) >= 11 is 0. The molecule has 1 aromatic heterocycles. The summed E-state index contributed by atoms with van der Waals surface area (Å²) in [7, 11) is 0. The van der Waals surface area contributed by atoms with Crippen molar-refractivity contribution in [2.24, 2.45) is 0 Å². The predicted molar refractivity (Wildman–Crippen MR) is 57.0 cm³/mol. The van der Waals surface area contributed by atoms with E-state index in [1.807, 2.05) is 0 Å². The second-order valence-electron chi connectivity index (χ2n) is 3.56. The van der Waals surface area contributed by atoms with Crippen molar-refractivity contribution in [3.8, 4) is 0 Å². The number of nitrogen functional groups attached to an aromatic ring is 1. The third-order valence-electron chi connectivity index (χ3n) is 2.27. The molecule has 0 fully saturated rings. The fourth-order valence-corrected chi connectivity index (χ4v) is 1.43. The Morgan fingerprint density at radius 2 is 1.94 bits per heavy atom. The molecule has 0 saturated carbocycles. The Morgan fingerprint density at radius 3 is 2.50 bits per heavy atom. The molecule has 1 aromatic carbocycles. The first kappa shape index (κ1) is 10.6. The van der Waals surface area contributed by atoms with Crippen molar-refractivity contribution in [1.82, 2.24) is 9.55 Å². The van der Waals surface area contributed by atoms with Gasteiger partial charge in [-0.15, -0.1) is 0 Å². The standard InChI is InChI=1S/C11H11F2N3/c12-11(13,7-16-6-5-15-8-16)9-1-3-10(14)4-2-9/h1-6,8H,7,14H2. The van der Waals surface area contributed by atoms with Gasteiger partial charge < -0.3 is 10.3 Å². The first-order valence-corrected chi connectivity index (χ1v) is 4.77. The monoisotopic (exact) mass is 223 g/mol. The van der Waals surface area contributed by atoms with Gasteiger partial charge in [0.2, 0.25) is 0 Å². The highest BCUT2D eigenvalue weighted by Gasteiger charge is 2.31. The largest absolute Gasteiger partial charge is 0.399 e. The number of alkyl halides is 2. The SMILES string of the molecule is Nc1ccc(C(F)(F)Cn2ccnc2)cc1. The van der Waals surface area contributed by atoms with Crippen LogP contribution in [0.5, 0.6) is 0 Å². The topological polar surface area (TPSA) is 43.8 Å². The summed E-state index contributed by atoms with van der Waals surface area (Å²) in [5.41, 5.74) is 5.87.